The number of rotatable bonds is 12. The molecule has 0 bridgehead atoms. The maximum absolute atomic E-state index is 12.7. The van der Waals surface area contributed by atoms with Crippen LogP contribution in [-0.4, -0.2) is 42.6 Å². The maximum atomic E-state index is 12.7. The van der Waals surface area contributed by atoms with Crippen molar-refractivity contribution in [3.8, 4) is 11.5 Å². The van der Waals surface area contributed by atoms with Gasteiger partial charge in [-0.1, -0.05) is 25.5 Å². The monoisotopic (exact) mass is 533 g/mol. The first kappa shape index (κ1) is 28.2. The molecule has 1 fully saturated rings. The Morgan fingerprint density at radius 1 is 1.08 bits per heavy atom. The van der Waals surface area contributed by atoms with Gasteiger partial charge < -0.3 is 31.2 Å². The summed E-state index contributed by atoms with van der Waals surface area (Å²) in [6, 6.07) is 9.63. The largest absolute Gasteiger partial charge is 0.490 e. The van der Waals surface area contributed by atoms with Crippen molar-refractivity contribution in [2.24, 2.45) is 5.73 Å². The Kier molecular flexibility index (Phi) is 9.59. The van der Waals surface area contributed by atoms with Crippen LogP contribution in [0, 0.1) is 0 Å². The predicted octanol–water partition coefficient (Wildman–Crippen LogP) is 4.12. The van der Waals surface area contributed by atoms with Gasteiger partial charge in [0.25, 0.3) is 0 Å². The third kappa shape index (κ3) is 6.78. The molecule has 9 nitrogen and oxygen atoms in total. The number of primary amides is 1. The van der Waals surface area contributed by atoms with Crippen molar-refractivity contribution in [3.05, 3.63) is 53.2 Å². The summed E-state index contributed by atoms with van der Waals surface area (Å²) in [5.74, 6) is 0.815. The molecule has 2 amide bonds. The van der Waals surface area contributed by atoms with Gasteiger partial charge in [-0.3, -0.25) is 14.6 Å². The summed E-state index contributed by atoms with van der Waals surface area (Å²) in [5.41, 5.74) is 10.7. The van der Waals surface area contributed by atoms with E-state index in [2.05, 4.69) is 27.9 Å². The summed E-state index contributed by atoms with van der Waals surface area (Å²) < 4.78 is 11.7. The van der Waals surface area contributed by atoms with Crippen LogP contribution >= 0.6 is 0 Å². The number of hydrogen-bond acceptors (Lipinski definition) is 7. The highest BCUT2D eigenvalue weighted by Crippen LogP contribution is 2.38. The highest BCUT2D eigenvalue weighted by atomic mass is 16.5. The highest BCUT2D eigenvalue weighted by molar-refractivity contribution is 5.98. The van der Waals surface area contributed by atoms with E-state index >= 15 is 0 Å². The first-order valence-corrected chi connectivity index (χ1v) is 13.8. The SMILES string of the molecule is CCOc1cc2ncc(CC(N)=O)c(Nc3cccc(CNC(=O)[C@@H]4CCCCN4)c3CC)c2cc1OCC. The molecule has 0 spiro atoms. The van der Waals surface area contributed by atoms with Crippen LogP contribution in [0.15, 0.2) is 36.5 Å². The zero-order valence-electron chi connectivity index (χ0n) is 23.1. The molecule has 1 aromatic heterocycles. The van der Waals surface area contributed by atoms with Crippen molar-refractivity contribution >= 4 is 34.1 Å². The number of nitrogens with zero attached hydrogens (tertiary/aromatic N) is 1. The molecule has 1 saturated heterocycles. The van der Waals surface area contributed by atoms with Gasteiger partial charge in [0.05, 0.1) is 36.9 Å². The van der Waals surface area contributed by atoms with E-state index in [1.165, 1.54) is 0 Å². The van der Waals surface area contributed by atoms with E-state index in [1.807, 2.05) is 44.2 Å². The minimum absolute atomic E-state index is 0.0348. The number of benzene rings is 2. The van der Waals surface area contributed by atoms with Crippen molar-refractivity contribution in [1.29, 1.82) is 0 Å². The minimum Gasteiger partial charge on any atom is -0.490 e. The smallest absolute Gasteiger partial charge is 0.237 e. The molecule has 208 valence electrons. The van der Waals surface area contributed by atoms with Gasteiger partial charge in [-0.05, 0) is 62.9 Å². The summed E-state index contributed by atoms with van der Waals surface area (Å²) in [5, 5.41) is 10.8. The molecule has 2 aromatic carbocycles. The van der Waals surface area contributed by atoms with Crippen LogP contribution in [0.25, 0.3) is 10.9 Å². The van der Waals surface area contributed by atoms with Crippen LogP contribution in [-0.2, 0) is 29.0 Å². The average molecular weight is 534 g/mol. The molecule has 1 aliphatic rings. The molecule has 4 rings (SSSR count). The summed E-state index contributed by atoms with van der Waals surface area (Å²) in [6.45, 7) is 8.22. The molecule has 0 saturated carbocycles. The third-order valence-electron chi connectivity index (χ3n) is 6.94. The molecular formula is C30H39N5O4. The quantitative estimate of drug-likeness (QED) is 0.276. The summed E-state index contributed by atoms with van der Waals surface area (Å²) in [7, 11) is 0. The zero-order valence-corrected chi connectivity index (χ0v) is 23.1. The van der Waals surface area contributed by atoms with Crippen molar-refractivity contribution < 1.29 is 19.1 Å². The molecule has 0 unspecified atom stereocenters. The van der Waals surface area contributed by atoms with Crippen LogP contribution in [0.1, 0.15) is 56.7 Å². The molecular weight excluding hydrogens is 494 g/mol. The second-order valence-corrected chi connectivity index (χ2v) is 9.63. The number of carbonyl (C=O) groups is 2. The molecule has 3 aromatic rings. The van der Waals surface area contributed by atoms with Gasteiger partial charge in [0, 0.05) is 35.4 Å². The number of carbonyl (C=O) groups excluding carboxylic acids is 2. The fourth-order valence-corrected chi connectivity index (χ4v) is 5.10. The van der Waals surface area contributed by atoms with E-state index in [-0.39, 0.29) is 18.4 Å². The number of fused-ring (bicyclic) bond motifs is 1. The Labute approximate surface area is 229 Å². The van der Waals surface area contributed by atoms with Crippen LogP contribution in [0.3, 0.4) is 0 Å². The van der Waals surface area contributed by atoms with Crippen molar-refractivity contribution in [2.75, 3.05) is 25.1 Å². The number of anilines is 2. The number of hydrogen-bond donors (Lipinski definition) is 4. The van der Waals surface area contributed by atoms with Gasteiger partial charge in [-0.25, -0.2) is 0 Å². The average Bonchev–Trinajstić information content (AvgIpc) is 2.94. The number of aromatic nitrogens is 1. The van der Waals surface area contributed by atoms with Crippen LogP contribution in [0.2, 0.25) is 0 Å². The van der Waals surface area contributed by atoms with Crippen molar-refractivity contribution in [1.82, 2.24) is 15.6 Å². The molecule has 1 aliphatic heterocycles. The zero-order chi connectivity index (χ0) is 27.8. The molecule has 0 aliphatic carbocycles. The first-order chi connectivity index (χ1) is 18.9. The number of nitrogens with one attached hydrogen (secondary N) is 3. The Morgan fingerprint density at radius 2 is 1.85 bits per heavy atom. The van der Waals surface area contributed by atoms with Gasteiger partial charge in [0.2, 0.25) is 11.8 Å². The highest BCUT2D eigenvalue weighted by Gasteiger charge is 2.21. The fourth-order valence-electron chi connectivity index (χ4n) is 5.10. The molecule has 5 N–H and O–H groups in total. The van der Waals surface area contributed by atoms with E-state index in [0.717, 1.165) is 60.1 Å². The van der Waals surface area contributed by atoms with Crippen molar-refractivity contribution in [3.63, 3.8) is 0 Å². The predicted molar refractivity (Wildman–Crippen MR) is 154 cm³/mol. The molecule has 1 atom stereocenters. The first-order valence-electron chi connectivity index (χ1n) is 13.8. The minimum atomic E-state index is -0.446. The van der Waals surface area contributed by atoms with E-state index in [4.69, 9.17) is 15.2 Å². The number of nitrogens with two attached hydrogens (primary N) is 1. The molecule has 0 radical (unpaired) electrons. The molecule has 9 heteroatoms. The van der Waals surface area contributed by atoms with Gasteiger partial charge in [-0.2, -0.15) is 0 Å². The summed E-state index contributed by atoms with van der Waals surface area (Å²) in [6.07, 6.45) is 5.50. The van der Waals surface area contributed by atoms with E-state index in [0.29, 0.717) is 42.3 Å². The second kappa shape index (κ2) is 13.3. The topological polar surface area (TPSA) is 128 Å². The van der Waals surface area contributed by atoms with E-state index in [9.17, 15) is 9.59 Å². The Balaban J connectivity index is 1.71. The van der Waals surface area contributed by atoms with E-state index in [1.54, 1.807) is 6.20 Å². The van der Waals surface area contributed by atoms with Gasteiger partial charge in [0.15, 0.2) is 11.5 Å². The number of pyridine rings is 1. The van der Waals surface area contributed by atoms with Crippen LogP contribution in [0.5, 0.6) is 11.5 Å². The van der Waals surface area contributed by atoms with Gasteiger partial charge in [-0.15, -0.1) is 0 Å². The lowest BCUT2D eigenvalue weighted by molar-refractivity contribution is -0.123. The number of ether oxygens (including phenoxy) is 2. The standard InChI is InChI=1S/C30H39N5O4/c1-4-21-19(17-34-30(37)24-11-7-8-13-32-24)10-9-12-23(21)35-29-20(14-28(31)36)18-33-25-16-27(39-6-3)26(38-5-2)15-22(25)29/h9-10,12,15-16,18,24,32H,4-8,11,13-14,17H2,1-3H3,(H2,31,36)(H,33,35)(H,34,37)/t24-/m0/s1. The number of amides is 2. The maximum Gasteiger partial charge on any atom is 0.237 e. The Bertz CT molecular complexity index is 1320. The lowest BCUT2D eigenvalue weighted by atomic mass is 10.00. The van der Waals surface area contributed by atoms with Gasteiger partial charge >= 0.3 is 0 Å². The fraction of sp³-hybridized carbons (Fsp3) is 0.433. The Hall–Kier alpha value is -3.85. The lowest BCUT2D eigenvalue weighted by Crippen LogP contribution is -2.46. The van der Waals surface area contributed by atoms with Crippen LogP contribution < -0.4 is 31.2 Å². The second-order valence-electron chi connectivity index (χ2n) is 9.63. The van der Waals surface area contributed by atoms with Gasteiger partial charge in [0.1, 0.15) is 0 Å². The lowest BCUT2D eigenvalue weighted by Gasteiger charge is -2.23. The Morgan fingerprint density at radius 3 is 2.51 bits per heavy atom. The summed E-state index contributed by atoms with van der Waals surface area (Å²) >= 11 is 0. The molecule has 2 heterocycles. The van der Waals surface area contributed by atoms with Crippen molar-refractivity contribution in [2.45, 2.75) is 65.5 Å². The normalized spacial score (nSPS) is 15.1. The number of piperidine rings is 1. The molecule has 39 heavy (non-hydrogen) atoms. The third-order valence-corrected chi connectivity index (χ3v) is 6.94. The van der Waals surface area contributed by atoms with Crippen LogP contribution in [0.4, 0.5) is 11.4 Å². The van der Waals surface area contributed by atoms with E-state index < -0.39 is 5.91 Å². The summed E-state index contributed by atoms with van der Waals surface area (Å²) in [4.78, 5) is 29.3.